The van der Waals surface area contributed by atoms with Gasteiger partial charge < -0.3 is 10.4 Å². The Bertz CT molecular complexity index is 527. The molecule has 2 rings (SSSR count). The third-order valence-corrected chi connectivity index (χ3v) is 2.13. The molecule has 0 fully saturated rings. The lowest BCUT2D eigenvalue weighted by Crippen LogP contribution is -1.87. The summed E-state index contributed by atoms with van der Waals surface area (Å²) in [5.41, 5.74) is 2.25. The number of hydrogen-bond acceptors (Lipinski definition) is 4. The molecular formula is C12H13N5. The molecule has 0 aliphatic heterocycles. The molecule has 2 aromatic rings. The van der Waals surface area contributed by atoms with Crippen molar-refractivity contribution in [1.29, 1.82) is 10.5 Å². The van der Waals surface area contributed by atoms with E-state index in [9.17, 15) is 0 Å². The largest absolute Gasteiger partial charge is 0.351 e. The zero-order valence-electron chi connectivity index (χ0n) is 9.49. The maximum Gasteiger partial charge on any atom is 0.0538 e. The average molecular weight is 227 g/mol. The second-order valence-electron chi connectivity index (χ2n) is 3.02. The molecule has 0 amide bonds. The lowest BCUT2D eigenvalue weighted by atomic mass is 10.2. The highest BCUT2D eigenvalue weighted by Crippen LogP contribution is 2.15. The summed E-state index contributed by atoms with van der Waals surface area (Å²) < 4.78 is 2.08. The first-order valence-corrected chi connectivity index (χ1v) is 4.61. The van der Waals surface area contributed by atoms with Gasteiger partial charge in [0.1, 0.15) is 0 Å². The topological polar surface area (TPSA) is 90.9 Å². The van der Waals surface area contributed by atoms with Crippen LogP contribution in [-0.4, -0.2) is 10.8 Å². The number of nitriles is 2. The molecule has 0 bridgehead atoms. The monoisotopic (exact) mass is 227 g/mol. The first kappa shape index (κ1) is 14.2. The normalized spacial score (nSPS) is 9.00. The van der Waals surface area contributed by atoms with Gasteiger partial charge in [-0.1, -0.05) is 6.07 Å². The fourth-order valence-corrected chi connectivity index (χ4v) is 1.47. The predicted octanol–water partition coefficient (Wildman–Crippen LogP) is 1.75. The molecule has 0 saturated carbocycles. The first-order valence-electron chi connectivity index (χ1n) is 4.61. The summed E-state index contributed by atoms with van der Waals surface area (Å²) in [5.74, 6) is 5.07. The lowest BCUT2D eigenvalue weighted by molar-refractivity contribution is 0.969. The van der Waals surface area contributed by atoms with Crippen LogP contribution in [0.25, 0.3) is 10.9 Å². The highest BCUT2D eigenvalue weighted by molar-refractivity contribution is 5.89. The number of nitrogens with two attached hydrogens (primary N) is 1. The smallest absolute Gasteiger partial charge is 0.0538 e. The van der Waals surface area contributed by atoms with E-state index in [4.69, 9.17) is 16.4 Å². The summed E-state index contributed by atoms with van der Waals surface area (Å²) in [6.07, 6.45) is 3.68. The Kier molecular flexibility index (Phi) is 6.26. The van der Waals surface area contributed by atoms with Gasteiger partial charge in [0.2, 0.25) is 0 Å². The summed E-state index contributed by atoms with van der Waals surface area (Å²) in [5, 5.41) is 17.7. The van der Waals surface area contributed by atoms with Gasteiger partial charge in [0.25, 0.3) is 0 Å². The van der Waals surface area contributed by atoms with Gasteiger partial charge in [0, 0.05) is 37.3 Å². The lowest BCUT2D eigenvalue weighted by Gasteiger charge is -1.96. The fraction of sp³-hybridized carbons (Fsp3) is 0.0833. The molecule has 0 atom stereocenters. The number of fused-ring (bicyclic) bond motifs is 1. The predicted molar refractivity (Wildman–Crippen MR) is 68.0 cm³/mol. The number of hydrazone groups is 1. The van der Waals surface area contributed by atoms with Crippen molar-refractivity contribution in [2.75, 3.05) is 0 Å². The van der Waals surface area contributed by atoms with E-state index in [2.05, 4.69) is 41.0 Å². The van der Waals surface area contributed by atoms with Crippen LogP contribution in [-0.2, 0) is 7.05 Å². The molecule has 0 unspecified atom stereocenters. The Morgan fingerprint density at radius 3 is 2.47 bits per heavy atom. The van der Waals surface area contributed by atoms with Gasteiger partial charge in [-0.3, -0.25) is 0 Å². The van der Waals surface area contributed by atoms with E-state index >= 15 is 0 Å². The maximum absolute atomic E-state index is 6.50. The number of rotatable bonds is 1. The molecule has 0 aliphatic carbocycles. The zero-order valence-corrected chi connectivity index (χ0v) is 9.49. The summed E-state index contributed by atoms with van der Waals surface area (Å²) in [6, 6.07) is 8.19. The van der Waals surface area contributed by atoms with E-state index in [0.29, 0.717) is 0 Å². The van der Waals surface area contributed by atoms with Crippen molar-refractivity contribution in [2.24, 2.45) is 18.0 Å². The number of hydrogen-bond donors (Lipinski definition) is 1. The Balaban J connectivity index is 0.000000581. The molecule has 0 spiro atoms. The van der Waals surface area contributed by atoms with Gasteiger partial charge >= 0.3 is 0 Å². The van der Waals surface area contributed by atoms with Gasteiger partial charge in [0.05, 0.1) is 6.21 Å². The minimum atomic E-state index is 1.03. The SMILES string of the molecule is C#N.C#N.Cn1ccc2cc(C=NN)ccc21. The fourth-order valence-electron chi connectivity index (χ4n) is 1.47. The Labute approximate surface area is 100.0 Å². The second kappa shape index (κ2) is 7.49. The van der Waals surface area contributed by atoms with Crippen LogP contribution in [0.15, 0.2) is 35.6 Å². The number of aromatic nitrogens is 1. The number of aryl methyl sites for hydroxylation is 1. The summed E-state index contributed by atoms with van der Waals surface area (Å²) in [6.45, 7) is 7.00. The molecule has 5 heteroatoms. The van der Waals surface area contributed by atoms with E-state index in [1.54, 1.807) is 6.21 Å². The molecule has 0 radical (unpaired) electrons. The van der Waals surface area contributed by atoms with Crippen molar-refractivity contribution in [1.82, 2.24) is 4.57 Å². The minimum Gasteiger partial charge on any atom is -0.351 e. The van der Waals surface area contributed by atoms with Crippen molar-refractivity contribution in [3.05, 3.63) is 36.0 Å². The minimum absolute atomic E-state index is 1.03. The van der Waals surface area contributed by atoms with Crippen molar-refractivity contribution in [2.45, 2.75) is 0 Å². The third-order valence-electron chi connectivity index (χ3n) is 2.13. The summed E-state index contributed by atoms with van der Waals surface area (Å²) in [4.78, 5) is 0. The summed E-state index contributed by atoms with van der Waals surface area (Å²) >= 11 is 0. The molecule has 2 N–H and O–H groups in total. The third kappa shape index (κ3) is 3.37. The Hall–Kier alpha value is -2.79. The van der Waals surface area contributed by atoms with Crippen LogP contribution in [0.5, 0.6) is 0 Å². The standard InChI is InChI=1S/C10H11N3.2CHN/c1-13-5-4-9-6-8(7-12-11)2-3-10(9)13;2*1-2/h2-7H,11H2,1H3;2*1H. The van der Waals surface area contributed by atoms with Gasteiger partial charge in [-0.2, -0.15) is 5.10 Å². The van der Waals surface area contributed by atoms with Crippen LogP contribution in [0.1, 0.15) is 5.56 Å². The van der Waals surface area contributed by atoms with Crippen molar-refractivity contribution < 1.29 is 0 Å². The van der Waals surface area contributed by atoms with Crippen LogP contribution in [0, 0.1) is 23.7 Å². The summed E-state index contributed by atoms with van der Waals surface area (Å²) in [7, 11) is 2.03. The van der Waals surface area contributed by atoms with Crippen LogP contribution in [0.3, 0.4) is 0 Å². The van der Waals surface area contributed by atoms with Crippen LogP contribution < -0.4 is 5.84 Å². The van der Waals surface area contributed by atoms with Gasteiger partial charge in [0.15, 0.2) is 0 Å². The van der Waals surface area contributed by atoms with E-state index in [1.165, 1.54) is 10.9 Å². The first-order chi connectivity index (χ1) is 8.31. The molecule has 5 nitrogen and oxygen atoms in total. The number of nitrogens with zero attached hydrogens (tertiary/aromatic N) is 4. The Morgan fingerprint density at radius 1 is 1.24 bits per heavy atom. The van der Waals surface area contributed by atoms with E-state index in [1.807, 2.05) is 19.3 Å². The van der Waals surface area contributed by atoms with Gasteiger partial charge in [-0.25, -0.2) is 10.5 Å². The second-order valence-corrected chi connectivity index (χ2v) is 3.02. The molecule has 1 heterocycles. The average Bonchev–Trinajstić information content (AvgIpc) is 2.76. The van der Waals surface area contributed by atoms with Crippen molar-refractivity contribution >= 4 is 17.1 Å². The van der Waals surface area contributed by atoms with E-state index < -0.39 is 0 Å². The van der Waals surface area contributed by atoms with E-state index in [-0.39, 0.29) is 0 Å². The molecule has 86 valence electrons. The molecule has 17 heavy (non-hydrogen) atoms. The molecule has 1 aromatic heterocycles. The Morgan fingerprint density at radius 2 is 1.88 bits per heavy atom. The van der Waals surface area contributed by atoms with Crippen molar-refractivity contribution in [3.63, 3.8) is 0 Å². The number of benzene rings is 1. The quantitative estimate of drug-likeness (QED) is 0.457. The highest BCUT2D eigenvalue weighted by atomic mass is 15.1. The zero-order chi connectivity index (χ0) is 13.3. The molecule has 1 aromatic carbocycles. The molecular weight excluding hydrogens is 214 g/mol. The van der Waals surface area contributed by atoms with Crippen molar-refractivity contribution in [3.8, 4) is 13.1 Å². The van der Waals surface area contributed by atoms with Crippen LogP contribution in [0.2, 0.25) is 0 Å². The molecule has 0 aliphatic rings. The molecule has 0 saturated heterocycles. The van der Waals surface area contributed by atoms with Gasteiger partial charge in [-0.15, -0.1) is 0 Å². The van der Waals surface area contributed by atoms with Crippen LogP contribution in [0.4, 0.5) is 0 Å². The highest BCUT2D eigenvalue weighted by Gasteiger charge is 1.97. The maximum atomic E-state index is 6.50. The van der Waals surface area contributed by atoms with E-state index in [0.717, 1.165) is 5.56 Å². The van der Waals surface area contributed by atoms with Gasteiger partial charge in [-0.05, 0) is 23.8 Å². The van der Waals surface area contributed by atoms with Crippen LogP contribution >= 0.6 is 0 Å².